The maximum absolute atomic E-state index is 16.7. The van der Waals surface area contributed by atoms with Gasteiger partial charge in [0.2, 0.25) is 11.1 Å². The van der Waals surface area contributed by atoms with Gasteiger partial charge in [-0.1, -0.05) is 140 Å². The van der Waals surface area contributed by atoms with Gasteiger partial charge in [0.15, 0.2) is 5.82 Å². The second-order valence-corrected chi connectivity index (χ2v) is 18.0. The van der Waals surface area contributed by atoms with Crippen LogP contribution in [0.1, 0.15) is 0 Å². The van der Waals surface area contributed by atoms with E-state index in [0.717, 1.165) is 45.0 Å². The third kappa shape index (κ3) is 4.79. The van der Waals surface area contributed by atoms with Crippen molar-refractivity contribution in [1.29, 1.82) is 0 Å². The Morgan fingerprint density at radius 3 is 1.15 bits per heavy atom. The molecule has 0 saturated heterocycles. The quantitative estimate of drug-likeness (QED) is 0.163. The molecule has 2 unspecified atom stereocenters. The van der Waals surface area contributed by atoms with Crippen LogP contribution < -0.4 is 31.1 Å². The minimum absolute atomic E-state index is 0.0525. The molecule has 0 fully saturated rings. The summed E-state index contributed by atoms with van der Waals surface area (Å²) in [5, 5.41) is 1.19. The molecule has 10 rings (SSSR count). The molecule has 0 spiro atoms. The van der Waals surface area contributed by atoms with Crippen LogP contribution in [0.4, 0.5) is 22.7 Å². The number of hydrogen-bond donors (Lipinski definition) is 0. The summed E-state index contributed by atoms with van der Waals surface area (Å²) in [7, 11) is -7.97. The van der Waals surface area contributed by atoms with Gasteiger partial charge in [0.25, 0.3) is 14.6 Å². The molecule has 54 heavy (non-hydrogen) atoms. The minimum Gasteiger partial charge on any atom is -0.286 e. The van der Waals surface area contributed by atoms with Gasteiger partial charge in [-0.25, -0.2) is 9.97 Å². The Bertz CT molecular complexity index is 2650. The van der Waals surface area contributed by atoms with E-state index in [1.54, 1.807) is 0 Å². The van der Waals surface area contributed by atoms with Crippen LogP contribution in [0.15, 0.2) is 188 Å². The molecule has 0 bridgehead atoms. The molecular formula is C45H31N5O2P2. The van der Waals surface area contributed by atoms with Gasteiger partial charge in [-0.05, 0) is 59.7 Å². The first-order valence-corrected chi connectivity index (χ1v) is 21.0. The molecule has 1 aromatic heterocycles. The van der Waals surface area contributed by atoms with Crippen LogP contribution in [0.2, 0.25) is 0 Å². The van der Waals surface area contributed by atoms with Crippen molar-refractivity contribution in [2.75, 3.05) is 9.34 Å². The summed E-state index contributed by atoms with van der Waals surface area (Å²) in [6.45, 7) is 0. The van der Waals surface area contributed by atoms with E-state index in [1.807, 2.05) is 197 Å². The van der Waals surface area contributed by atoms with Gasteiger partial charge in [0.1, 0.15) is 0 Å². The Balaban J connectivity index is 1.33. The molecule has 0 amide bonds. The highest BCUT2D eigenvalue weighted by Gasteiger charge is 2.49. The predicted molar refractivity (Wildman–Crippen MR) is 220 cm³/mol. The minimum atomic E-state index is -3.99. The molecule has 2 aliphatic heterocycles. The molecule has 0 aliphatic carbocycles. The number of hydrogen-bond acceptors (Lipinski definition) is 5. The zero-order valence-corrected chi connectivity index (χ0v) is 30.6. The Kier molecular flexibility index (Phi) is 7.55. The average Bonchev–Trinajstić information content (AvgIpc) is 3.25. The first kappa shape index (κ1) is 32.3. The predicted octanol–water partition coefficient (Wildman–Crippen LogP) is 9.63. The van der Waals surface area contributed by atoms with Gasteiger partial charge in [0.05, 0.1) is 11.4 Å². The molecule has 258 valence electrons. The van der Waals surface area contributed by atoms with Gasteiger partial charge in [-0.2, -0.15) is 4.98 Å². The van der Waals surface area contributed by atoms with E-state index in [1.165, 1.54) is 0 Å². The van der Waals surface area contributed by atoms with E-state index in [2.05, 4.69) is 0 Å². The molecule has 7 nitrogen and oxygen atoms in total. The number of aromatic nitrogens is 3. The first-order valence-electron chi connectivity index (χ1n) is 17.7. The van der Waals surface area contributed by atoms with Crippen molar-refractivity contribution in [2.45, 2.75) is 0 Å². The molecule has 2 aliphatic rings. The average molecular weight is 736 g/mol. The summed E-state index contributed by atoms with van der Waals surface area (Å²) in [6.07, 6.45) is 0. The summed E-state index contributed by atoms with van der Waals surface area (Å²) in [5.74, 6) is 0.287. The molecule has 9 heteroatoms. The van der Waals surface area contributed by atoms with Crippen LogP contribution in [0.25, 0.3) is 33.6 Å². The van der Waals surface area contributed by atoms with Crippen molar-refractivity contribution in [3.8, 4) is 33.6 Å². The molecule has 3 heterocycles. The first-order chi connectivity index (χ1) is 26.6. The summed E-state index contributed by atoms with van der Waals surface area (Å²) in [6, 6.07) is 60.4. The molecule has 8 aromatic rings. The fourth-order valence-corrected chi connectivity index (χ4v) is 13.4. The Labute approximate surface area is 313 Å². The number of nitrogens with zero attached hydrogens (tertiary/aromatic N) is 5. The molecule has 0 saturated carbocycles. The highest BCUT2D eigenvalue weighted by molar-refractivity contribution is 7.81. The standard InChI is InChI=1S/C45H31N5O2P2/c51-53(41-30-16-12-26-37(41)35-24-10-14-28-39(35)49(53)33-20-6-2-7-21-33)44-46-43(32-18-4-1-5-19-32)47-45(48-44)54(52)42-31-17-13-27-38(42)36-25-11-15-29-40(36)50(54)34-22-8-3-9-23-34/h1-31H. The van der Waals surface area contributed by atoms with Gasteiger partial charge in [-0.3, -0.25) is 18.5 Å². The van der Waals surface area contributed by atoms with Gasteiger partial charge >= 0.3 is 0 Å². The van der Waals surface area contributed by atoms with E-state index >= 15 is 9.13 Å². The Morgan fingerprint density at radius 1 is 0.352 bits per heavy atom. The smallest absolute Gasteiger partial charge is 0.270 e. The number of rotatable bonds is 5. The van der Waals surface area contributed by atoms with E-state index in [9.17, 15) is 0 Å². The number of anilines is 4. The van der Waals surface area contributed by atoms with Gasteiger partial charge in [-0.15, -0.1) is 0 Å². The maximum Gasteiger partial charge on any atom is 0.270 e. The van der Waals surface area contributed by atoms with Crippen molar-refractivity contribution in [3.63, 3.8) is 0 Å². The molecule has 0 N–H and O–H groups in total. The highest BCUT2D eigenvalue weighted by atomic mass is 31.2. The Morgan fingerprint density at radius 2 is 0.704 bits per heavy atom. The van der Waals surface area contributed by atoms with Gasteiger partial charge in [0, 0.05) is 38.7 Å². The molecule has 2 atom stereocenters. The molecular weight excluding hydrogens is 704 g/mol. The van der Waals surface area contributed by atoms with Crippen molar-refractivity contribution < 1.29 is 9.13 Å². The van der Waals surface area contributed by atoms with Gasteiger partial charge < -0.3 is 0 Å². The lowest BCUT2D eigenvalue weighted by molar-refractivity contribution is 0.585. The number of fused-ring (bicyclic) bond motifs is 6. The maximum atomic E-state index is 16.7. The second-order valence-electron chi connectivity index (χ2n) is 13.1. The van der Waals surface area contributed by atoms with Crippen LogP contribution in [-0.4, -0.2) is 15.0 Å². The van der Waals surface area contributed by atoms with Crippen molar-refractivity contribution in [2.24, 2.45) is 0 Å². The van der Waals surface area contributed by atoms with E-state index in [0.29, 0.717) is 16.2 Å². The van der Waals surface area contributed by atoms with Crippen LogP contribution in [0.5, 0.6) is 0 Å². The molecule has 0 radical (unpaired) electrons. The fraction of sp³-hybridized carbons (Fsp3) is 0. The lowest BCUT2D eigenvalue weighted by Gasteiger charge is -2.40. The zero-order chi connectivity index (χ0) is 36.3. The number of para-hydroxylation sites is 4. The number of benzene rings is 7. The van der Waals surface area contributed by atoms with E-state index in [4.69, 9.17) is 15.0 Å². The van der Waals surface area contributed by atoms with E-state index in [-0.39, 0.29) is 17.0 Å². The largest absolute Gasteiger partial charge is 0.286 e. The highest BCUT2D eigenvalue weighted by Crippen LogP contribution is 2.62. The summed E-state index contributed by atoms with van der Waals surface area (Å²) >= 11 is 0. The second kappa shape index (κ2) is 12.6. The van der Waals surface area contributed by atoms with E-state index < -0.39 is 14.6 Å². The summed E-state index contributed by atoms with van der Waals surface area (Å²) in [4.78, 5) is 15.4. The topological polar surface area (TPSA) is 79.3 Å². The molecule has 7 aromatic carbocycles. The fourth-order valence-electron chi connectivity index (χ4n) is 7.70. The van der Waals surface area contributed by atoms with Crippen molar-refractivity contribution in [1.82, 2.24) is 15.0 Å². The Hall–Kier alpha value is -6.39. The summed E-state index contributed by atoms with van der Waals surface area (Å²) in [5.41, 5.74) is 7.34. The van der Waals surface area contributed by atoms with Crippen LogP contribution in [-0.2, 0) is 9.13 Å². The van der Waals surface area contributed by atoms with Crippen LogP contribution >= 0.6 is 14.6 Å². The zero-order valence-electron chi connectivity index (χ0n) is 28.8. The lowest BCUT2D eigenvalue weighted by atomic mass is 10.0. The third-order valence-corrected chi connectivity index (χ3v) is 15.6. The normalized spacial score (nSPS) is 18.2. The SMILES string of the molecule is O=P1(c2nc(-c3ccccc3)nc(P3(=O)c4ccccc4-c4ccccc4N3c3ccccc3)n2)c2ccccc2-c2ccccc2N1c1ccccc1. The van der Waals surface area contributed by atoms with Crippen LogP contribution in [0.3, 0.4) is 0 Å². The summed E-state index contributed by atoms with van der Waals surface area (Å²) < 4.78 is 37.2. The van der Waals surface area contributed by atoms with Crippen molar-refractivity contribution in [3.05, 3.63) is 188 Å². The van der Waals surface area contributed by atoms with Crippen LogP contribution in [0, 0.1) is 0 Å². The third-order valence-electron chi connectivity index (χ3n) is 10.1. The van der Waals surface area contributed by atoms with Crippen molar-refractivity contribution >= 4 is 59.1 Å². The monoisotopic (exact) mass is 735 g/mol. The lowest BCUT2D eigenvalue weighted by Crippen LogP contribution is -2.42.